The molecular formula is C20H18Cl2N2O2. The Labute approximate surface area is 161 Å². The molecule has 26 heavy (non-hydrogen) atoms. The maximum Gasteiger partial charge on any atom is 0.138 e. The summed E-state index contributed by atoms with van der Waals surface area (Å²) in [6.07, 6.45) is 2.82. The fourth-order valence-electron chi connectivity index (χ4n) is 3.19. The third kappa shape index (κ3) is 3.57. The van der Waals surface area contributed by atoms with Gasteiger partial charge in [-0.3, -0.25) is 4.79 Å². The van der Waals surface area contributed by atoms with Crippen LogP contribution in [0.5, 0.6) is 5.75 Å². The first-order valence-corrected chi connectivity index (χ1v) is 9.36. The number of para-hydroxylation sites is 2. The minimum absolute atomic E-state index is 0.131. The quantitative estimate of drug-likeness (QED) is 0.594. The number of nitrogens with one attached hydrogen (secondary N) is 1. The van der Waals surface area contributed by atoms with Crippen LogP contribution in [0.15, 0.2) is 42.5 Å². The number of halogens is 2. The maximum absolute atomic E-state index is 12.4. The van der Waals surface area contributed by atoms with Gasteiger partial charge in [0, 0.05) is 23.3 Å². The van der Waals surface area contributed by atoms with E-state index in [0.29, 0.717) is 35.2 Å². The molecular weight excluding hydrogens is 371 g/mol. The zero-order valence-electron chi connectivity index (χ0n) is 14.1. The molecule has 3 aromatic rings. The van der Waals surface area contributed by atoms with Gasteiger partial charge in [0.15, 0.2) is 0 Å². The van der Waals surface area contributed by atoms with E-state index in [-0.39, 0.29) is 11.2 Å². The molecule has 0 unspecified atom stereocenters. The number of ether oxygens (including phenoxy) is 1. The monoisotopic (exact) mass is 388 g/mol. The fourth-order valence-corrected chi connectivity index (χ4v) is 3.65. The maximum atomic E-state index is 12.4. The van der Waals surface area contributed by atoms with Crippen LogP contribution >= 0.6 is 23.2 Å². The van der Waals surface area contributed by atoms with Crippen molar-refractivity contribution in [2.45, 2.75) is 31.1 Å². The van der Waals surface area contributed by atoms with E-state index in [9.17, 15) is 4.79 Å². The molecule has 1 aliphatic carbocycles. The lowest BCUT2D eigenvalue weighted by Crippen LogP contribution is -2.17. The summed E-state index contributed by atoms with van der Waals surface area (Å²) in [6, 6.07) is 13.0. The van der Waals surface area contributed by atoms with Gasteiger partial charge >= 0.3 is 0 Å². The van der Waals surface area contributed by atoms with Gasteiger partial charge in [-0.1, -0.05) is 35.3 Å². The predicted octanol–water partition coefficient (Wildman–Crippen LogP) is 5.33. The van der Waals surface area contributed by atoms with E-state index in [1.54, 1.807) is 18.2 Å². The topological polar surface area (TPSA) is 55.0 Å². The molecule has 1 aromatic heterocycles. The molecule has 1 saturated carbocycles. The first kappa shape index (κ1) is 17.4. The largest absolute Gasteiger partial charge is 0.492 e. The number of carbonyl (C=O) groups excluding carboxylic acids is 1. The first-order valence-electron chi connectivity index (χ1n) is 8.61. The average molecular weight is 389 g/mol. The van der Waals surface area contributed by atoms with Gasteiger partial charge in [-0.25, -0.2) is 4.98 Å². The number of ketones is 1. The highest BCUT2D eigenvalue weighted by molar-refractivity contribution is 6.35. The van der Waals surface area contributed by atoms with E-state index in [2.05, 4.69) is 9.97 Å². The Morgan fingerprint density at radius 1 is 1.19 bits per heavy atom. The van der Waals surface area contributed by atoms with Gasteiger partial charge in [-0.2, -0.15) is 0 Å². The van der Waals surface area contributed by atoms with Crippen LogP contribution < -0.4 is 4.74 Å². The highest BCUT2D eigenvalue weighted by atomic mass is 35.5. The van der Waals surface area contributed by atoms with Crippen LogP contribution in [0.3, 0.4) is 0 Å². The van der Waals surface area contributed by atoms with Crippen LogP contribution in [0.2, 0.25) is 10.0 Å². The van der Waals surface area contributed by atoms with Gasteiger partial charge < -0.3 is 9.72 Å². The molecule has 0 spiro atoms. The van der Waals surface area contributed by atoms with Crippen molar-refractivity contribution in [2.24, 2.45) is 0 Å². The lowest BCUT2D eigenvalue weighted by atomic mass is 9.97. The van der Waals surface area contributed by atoms with Crippen LogP contribution in [-0.2, 0) is 10.2 Å². The van der Waals surface area contributed by atoms with E-state index < -0.39 is 0 Å². The van der Waals surface area contributed by atoms with Crippen molar-refractivity contribution in [1.82, 2.24) is 9.97 Å². The summed E-state index contributed by atoms with van der Waals surface area (Å²) in [6.45, 7) is 0.302. The number of imidazole rings is 1. The molecule has 0 amide bonds. The number of H-pyrrole nitrogens is 1. The van der Waals surface area contributed by atoms with E-state index in [4.69, 9.17) is 27.9 Å². The highest BCUT2D eigenvalue weighted by Crippen LogP contribution is 2.50. The summed E-state index contributed by atoms with van der Waals surface area (Å²) in [5, 5.41) is 1.01. The molecule has 6 heteroatoms. The normalized spacial score (nSPS) is 15.2. The molecule has 0 atom stereocenters. The van der Waals surface area contributed by atoms with Crippen LogP contribution in [0, 0.1) is 0 Å². The molecule has 1 aliphatic rings. The summed E-state index contributed by atoms with van der Waals surface area (Å²) in [4.78, 5) is 20.5. The van der Waals surface area contributed by atoms with Crippen molar-refractivity contribution in [3.63, 3.8) is 0 Å². The Balaban J connectivity index is 1.35. The molecule has 1 N–H and O–H groups in total. The second-order valence-corrected chi connectivity index (χ2v) is 7.62. The molecule has 0 radical (unpaired) electrons. The van der Waals surface area contributed by atoms with Gasteiger partial charge in [-0.05, 0) is 43.2 Å². The molecule has 1 heterocycles. The van der Waals surface area contributed by atoms with Crippen LogP contribution in [0.4, 0.5) is 0 Å². The third-order valence-electron chi connectivity index (χ3n) is 4.81. The lowest BCUT2D eigenvalue weighted by Gasteiger charge is -2.12. The Hall–Kier alpha value is -2.04. The summed E-state index contributed by atoms with van der Waals surface area (Å²) >= 11 is 11.9. The zero-order chi connectivity index (χ0) is 18.1. The summed E-state index contributed by atoms with van der Waals surface area (Å²) in [5.74, 6) is 1.64. The van der Waals surface area contributed by atoms with Crippen LogP contribution in [0.25, 0.3) is 11.0 Å². The molecule has 2 aromatic carbocycles. The molecule has 4 rings (SSSR count). The van der Waals surface area contributed by atoms with Gasteiger partial charge in [0.2, 0.25) is 0 Å². The summed E-state index contributed by atoms with van der Waals surface area (Å²) < 4.78 is 5.62. The first-order chi connectivity index (χ1) is 12.6. The fraction of sp³-hybridized carbons (Fsp3) is 0.300. The Kier molecular flexibility index (Phi) is 4.63. The van der Waals surface area contributed by atoms with Crippen molar-refractivity contribution in [2.75, 3.05) is 6.61 Å². The molecule has 134 valence electrons. The van der Waals surface area contributed by atoms with Gasteiger partial charge in [0.25, 0.3) is 0 Å². The van der Waals surface area contributed by atoms with Crippen molar-refractivity contribution >= 4 is 40.0 Å². The van der Waals surface area contributed by atoms with Crippen molar-refractivity contribution < 1.29 is 9.53 Å². The minimum atomic E-state index is -0.131. The van der Waals surface area contributed by atoms with E-state index in [1.165, 1.54) is 0 Å². The second-order valence-electron chi connectivity index (χ2n) is 6.77. The molecule has 1 fully saturated rings. The smallest absolute Gasteiger partial charge is 0.138 e. The Morgan fingerprint density at radius 3 is 2.73 bits per heavy atom. The van der Waals surface area contributed by atoms with Crippen LogP contribution in [0.1, 0.15) is 31.5 Å². The SMILES string of the molecule is O=C(CCOc1ccc(Cl)cc1Cl)CC1(c2nc3ccccc3[nH]2)CC1. The Bertz CT molecular complexity index is 930. The molecule has 4 nitrogen and oxygen atoms in total. The van der Waals surface area contributed by atoms with Crippen molar-refractivity contribution in [3.8, 4) is 5.75 Å². The number of benzene rings is 2. The number of fused-ring (bicyclic) bond motifs is 1. The minimum Gasteiger partial charge on any atom is -0.492 e. The number of carbonyl (C=O) groups is 1. The van der Waals surface area contributed by atoms with Crippen molar-refractivity contribution in [3.05, 3.63) is 58.3 Å². The molecule has 0 bridgehead atoms. The second kappa shape index (κ2) is 6.93. The van der Waals surface area contributed by atoms with E-state index in [0.717, 1.165) is 29.7 Å². The number of aromatic amines is 1. The summed E-state index contributed by atoms with van der Waals surface area (Å²) in [5.41, 5.74) is 1.83. The Morgan fingerprint density at radius 2 is 2.00 bits per heavy atom. The summed E-state index contributed by atoms with van der Waals surface area (Å²) in [7, 11) is 0. The lowest BCUT2D eigenvalue weighted by molar-refractivity contribution is -0.120. The molecule has 0 aliphatic heterocycles. The third-order valence-corrected chi connectivity index (χ3v) is 5.34. The standard InChI is InChI=1S/C20H18Cl2N2O2/c21-13-5-6-18(15(22)11-13)26-10-7-14(25)12-20(8-9-20)19-23-16-3-1-2-4-17(16)24-19/h1-6,11H,7-10,12H2,(H,23,24). The van der Waals surface area contributed by atoms with Gasteiger partial charge in [0.05, 0.1) is 22.7 Å². The number of rotatable bonds is 7. The highest BCUT2D eigenvalue weighted by Gasteiger charge is 2.48. The number of hydrogen-bond acceptors (Lipinski definition) is 3. The van der Waals surface area contributed by atoms with Gasteiger partial charge in [0.1, 0.15) is 17.4 Å². The number of hydrogen-bond donors (Lipinski definition) is 1. The average Bonchev–Trinajstić information content (AvgIpc) is 3.25. The molecule has 0 saturated heterocycles. The predicted molar refractivity (Wildman–Crippen MR) is 103 cm³/mol. The number of aromatic nitrogens is 2. The number of nitrogens with zero attached hydrogens (tertiary/aromatic N) is 1. The van der Waals surface area contributed by atoms with E-state index in [1.807, 2.05) is 24.3 Å². The zero-order valence-corrected chi connectivity index (χ0v) is 15.6. The van der Waals surface area contributed by atoms with E-state index >= 15 is 0 Å². The number of Topliss-reactive ketones (excluding diaryl/α,β-unsaturated/α-hetero) is 1. The van der Waals surface area contributed by atoms with Crippen LogP contribution in [-0.4, -0.2) is 22.4 Å². The van der Waals surface area contributed by atoms with Crippen molar-refractivity contribution in [1.29, 1.82) is 0 Å². The van der Waals surface area contributed by atoms with Gasteiger partial charge in [-0.15, -0.1) is 0 Å².